The highest BCUT2D eigenvalue weighted by Crippen LogP contribution is 2.29. The van der Waals surface area contributed by atoms with Gasteiger partial charge in [0.2, 0.25) is 10.0 Å². The largest absolute Gasteiger partial charge is 0.495 e. The van der Waals surface area contributed by atoms with Gasteiger partial charge in [0.15, 0.2) is 0 Å². The number of rotatable bonds is 4. The summed E-state index contributed by atoms with van der Waals surface area (Å²) in [4.78, 5) is -0.0265. The van der Waals surface area contributed by atoms with Crippen molar-refractivity contribution in [2.24, 2.45) is 0 Å². The van der Waals surface area contributed by atoms with Crippen molar-refractivity contribution in [3.63, 3.8) is 0 Å². The molecule has 0 heterocycles. The summed E-state index contributed by atoms with van der Waals surface area (Å²) < 4.78 is 32.1. The van der Waals surface area contributed by atoms with Crippen LogP contribution in [-0.2, 0) is 10.0 Å². The zero-order chi connectivity index (χ0) is 14.8. The number of terminal acetylenes is 1. The monoisotopic (exact) mass is 282 g/mol. The Morgan fingerprint density at radius 2 is 2.00 bits per heavy atom. The van der Waals surface area contributed by atoms with Crippen molar-refractivity contribution in [1.29, 1.82) is 0 Å². The number of sulfonamides is 1. The minimum absolute atomic E-state index is 0.0265. The van der Waals surface area contributed by atoms with Crippen LogP contribution >= 0.6 is 0 Å². The molecule has 0 aliphatic carbocycles. The van der Waals surface area contributed by atoms with Crippen LogP contribution in [0, 0.1) is 19.3 Å². The van der Waals surface area contributed by atoms with Crippen molar-refractivity contribution < 1.29 is 13.2 Å². The summed E-state index contributed by atoms with van der Waals surface area (Å²) in [6, 6.07) is 2.94. The van der Waals surface area contributed by atoms with E-state index in [9.17, 15) is 8.42 Å². The molecule has 1 aromatic rings. The Hall–Kier alpha value is -1.71. The van der Waals surface area contributed by atoms with E-state index in [1.807, 2.05) is 0 Å². The molecule has 0 aromatic heterocycles. The predicted molar refractivity (Wildman–Crippen MR) is 75.4 cm³/mol. The first-order valence-corrected chi connectivity index (χ1v) is 7.07. The summed E-state index contributed by atoms with van der Waals surface area (Å²) in [5, 5.41) is 0. The third-order valence-electron chi connectivity index (χ3n) is 2.59. The van der Waals surface area contributed by atoms with Crippen LogP contribution in [0.4, 0.5) is 5.69 Å². The first-order chi connectivity index (χ1) is 8.63. The number of methoxy groups -OCH3 is 1. The van der Waals surface area contributed by atoms with Crippen molar-refractivity contribution in [2.45, 2.75) is 31.2 Å². The van der Waals surface area contributed by atoms with Crippen LogP contribution in [0.2, 0.25) is 0 Å². The minimum Gasteiger partial charge on any atom is -0.495 e. The van der Waals surface area contributed by atoms with E-state index in [0.29, 0.717) is 5.69 Å². The first kappa shape index (κ1) is 15.3. The van der Waals surface area contributed by atoms with Gasteiger partial charge in [-0.25, -0.2) is 8.42 Å². The van der Waals surface area contributed by atoms with Gasteiger partial charge in [0.05, 0.1) is 12.6 Å². The third-order valence-corrected chi connectivity index (χ3v) is 4.27. The van der Waals surface area contributed by atoms with Crippen molar-refractivity contribution in [1.82, 2.24) is 4.72 Å². The van der Waals surface area contributed by atoms with Gasteiger partial charge in [0.25, 0.3) is 0 Å². The third kappa shape index (κ3) is 3.40. The quantitative estimate of drug-likeness (QED) is 0.644. The molecule has 0 aliphatic rings. The molecule has 1 aromatic carbocycles. The van der Waals surface area contributed by atoms with Crippen molar-refractivity contribution in [3.05, 3.63) is 17.7 Å². The number of ether oxygens (including phenoxy) is 1. The molecular weight excluding hydrogens is 264 g/mol. The second-order valence-corrected chi connectivity index (χ2v) is 6.39. The fourth-order valence-corrected chi connectivity index (χ4v) is 3.00. The molecule has 0 amide bonds. The van der Waals surface area contributed by atoms with E-state index < -0.39 is 15.6 Å². The molecule has 19 heavy (non-hydrogen) atoms. The molecule has 6 heteroatoms. The molecule has 0 saturated heterocycles. The molecule has 0 atom stereocenters. The van der Waals surface area contributed by atoms with Gasteiger partial charge < -0.3 is 10.5 Å². The van der Waals surface area contributed by atoms with Gasteiger partial charge in [-0.2, -0.15) is 4.72 Å². The number of anilines is 1. The molecule has 0 spiro atoms. The van der Waals surface area contributed by atoms with Gasteiger partial charge in [0, 0.05) is 5.69 Å². The Balaban J connectivity index is 3.38. The zero-order valence-corrected chi connectivity index (χ0v) is 12.3. The molecular formula is C13H18N2O3S. The maximum absolute atomic E-state index is 12.3. The highest BCUT2D eigenvalue weighted by atomic mass is 32.2. The minimum atomic E-state index is -3.81. The average Bonchev–Trinajstić information content (AvgIpc) is 2.30. The number of hydrogen-bond acceptors (Lipinski definition) is 4. The maximum atomic E-state index is 12.3. The summed E-state index contributed by atoms with van der Waals surface area (Å²) in [6.07, 6.45) is 5.28. The van der Waals surface area contributed by atoms with E-state index in [1.165, 1.54) is 13.2 Å². The number of nitrogen functional groups attached to an aromatic ring is 1. The smallest absolute Gasteiger partial charge is 0.245 e. The fraction of sp³-hybridized carbons (Fsp3) is 0.385. The molecule has 3 N–H and O–H groups in total. The zero-order valence-electron chi connectivity index (χ0n) is 11.4. The van der Waals surface area contributed by atoms with Gasteiger partial charge in [0.1, 0.15) is 10.6 Å². The average molecular weight is 282 g/mol. The molecule has 1 rings (SSSR count). The molecule has 0 radical (unpaired) electrons. The lowest BCUT2D eigenvalue weighted by atomic mass is 10.1. The van der Waals surface area contributed by atoms with E-state index in [4.69, 9.17) is 16.9 Å². The predicted octanol–water partition coefficient (Wildman–Crippen LogP) is 1.28. The van der Waals surface area contributed by atoms with E-state index in [2.05, 4.69) is 10.6 Å². The summed E-state index contributed by atoms with van der Waals surface area (Å²) >= 11 is 0. The molecule has 104 valence electrons. The second kappa shape index (κ2) is 5.11. The van der Waals surface area contributed by atoms with Crippen molar-refractivity contribution in [2.75, 3.05) is 12.8 Å². The molecule has 0 unspecified atom stereocenters. The Kier molecular flexibility index (Phi) is 4.13. The molecule has 5 nitrogen and oxygen atoms in total. The molecule has 0 bridgehead atoms. The normalized spacial score (nSPS) is 11.9. The fourth-order valence-electron chi connectivity index (χ4n) is 1.47. The standard InChI is InChI=1S/C13H18N2O3S/c1-6-13(3,4)15-19(16,17)12-8-10(14)9(2)7-11(12)18-5/h1,7-8,15H,14H2,2-5H3. The highest BCUT2D eigenvalue weighted by Gasteiger charge is 2.27. The lowest BCUT2D eigenvalue weighted by Crippen LogP contribution is -2.42. The highest BCUT2D eigenvalue weighted by molar-refractivity contribution is 7.89. The van der Waals surface area contributed by atoms with Crippen molar-refractivity contribution >= 4 is 15.7 Å². The topological polar surface area (TPSA) is 81.4 Å². The van der Waals surface area contributed by atoms with Crippen LogP contribution in [0.15, 0.2) is 17.0 Å². The maximum Gasteiger partial charge on any atom is 0.245 e. The van der Waals surface area contributed by atoms with Crippen LogP contribution in [0.3, 0.4) is 0 Å². The Bertz CT molecular complexity index is 628. The first-order valence-electron chi connectivity index (χ1n) is 5.59. The Labute approximate surface area is 114 Å². The van der Waals surface area contributed by atoms with E-state index in [1.54, 1.807) is 26.8 Å². The number of nitrogens with one attached hydrogen (secondary N) is 1. The van der Waals surface area contributed by atoms with Crippen LogP contribution < -0.4 is 15.2 Å². The second-order valence-electron chi connectivity index (χ2n) is 4.73. The summed E-state index contributed by atoms with van der Waals surface area (Å²) in [5.74, 6) is 2.60. The number of hydrogen-bond donors (Lipinski definition) is 2. The van der Waals surface area contributed by atoms with E-state index in [-0.39, 0.29) is 10.6 Å². The molecule has 0 aliphatic heterocycles. The number of benzene rings is 1. The van der Waals surface area contributed by atoms with E-state index in [0.717, 1.165) is 5.56 Å². The summed E-state index contributed by atoms with van der Waals surface area (Å²) in [7, 11) is -2.41. The van der Waals surface area contributed by atoms with E-state index >= 15 is 0 Å². The van der Waals surface area contributed by atoms with Gasteiger partial charge in [-0.15, -0.1) is 6.42 Å². The lowest BCUT2D eigenvalue weighted by Gasteiger charge is -2.21. The van der Waals surface area contributed by atoms with Gasteiger partial charge >= 0.3 is 0 Å². The van der Waals surface area contributed by atoms with Gasteiger partial charge in [-0.05, 0) is 38.5 Å². The van der Waals surface area contributed by atoms with Gasteiger partial charge in [-0.3, -0.25) is 0 Å². The van der Waals surface area contributed by atoms with Crippen LogP contribution in [-0.4, -0.2) is 21.1 Å². The van der Waals surface area contributed by atoms with Crippen LogP contribution in [0.5, 0.6) is 5.75 Å². The van der Waals surface area contributed by atoms with Crippen molar-refractivity contribution in [3.8, 4) is 18.1 Å². The Morgan fingerprint density at radius 1 is 1.42 bits per heavy atom. The van der Waals surface area contributed by atoms with Crippen LogP contribution in [0.1, 0.15) is 19.4 Å². The summed E-state index contributed by atoms with van der Waals surface area (Å²) in [6.45, 7) is 4.95. The SMILES string of the molecule is C#CC(C)(C)NS(=O)(=O)c1cc(N)c(C)cc1OC. The molecule has 0 fully saturated rings. The summed E-state index contributed by atoms with van der Waals surface area (Å²) in [5.41, 5.74) is 5.87. The number of aryl methyl sites for hydroxylation is 1. The van der Waals surface area contributed by atoms with Gasteiger partial charge in [-0.1, -0.05) is 5.92 Å². The number of nitrogens with two attached hydrogens (primary N) is 1. The lowest BCUT2D eigenvalue weighted by molar-refractivity contribution is 0.401. The molecule has 0 saturated carbocycles. The Morgan fingerprint density at radius 3 is 2.47 bits per heavy atom. The van der Waals surface area contributed by atoms with Crippen LogP contribution in [0.25, 0.3) is 0 Å².